The van der Waals surface area contributed by atoms with Crippen molar-refractivity contribution in [3.63, 3.8) is 0 Å². The second-order valence-electron chi connectivity index (χ2n) is 4.87. The Hall–Kier alpha value is -1.81. The molecule has 1 atom stereocenters. The standard InChI is InChI=1S/C15H21N3O/c1-12-5-4-6-14(9-12)10-18-8-7-16-15(18)17-13(2)11-19-3/h4-9,13H,10-11H2,1-3H3,(H,16,17). The number of hydrogen-bond donors (Lipinski definition) is 1. The molecular formula is C15H21N3O. The Labute approximate surface area is 114 Å². The Kier molecular flexibility index (Phi) is 4.58. The molecule has 0 spiro atoms. The molecule has 0 aliphatic carbocycles. The predicted octanol–water partition coefficient (Wildman–Crippen LogP) is 2.69. The molecule has 0 radical (unpaired) electrons. The van der Waals surface area contributed by atoms with Crippen molar-refractivity contribution in [2.24, 2.45) is 0 Å². The first-order chi connectivity index (χ1) is 9.19. The van der Waals surface area contributed by atoms with Crippen molar-refractivity contribution in [3.8, 4) is 0 Å². The van der Waals surface area contributed by atoms with Crippen LogP contribution in [0.3, 0.4) is 0 Å². The number of aromatic nitrogens is 2. The third-order valence-electron chi connectivity index (χ3n) is 2.94. The van der Waals surface area contributed by atoms with Crippen LogP contribution in [0.1, 0.15) is 18.1 Å². The number of rotatable bonds is 6. The second kappa shape index (κ2) is 6.38. The summed E-state index contributed by atoms with van der Waals surface area (Å²) in [6, 6.07) is 8.76. The van der Waals surface area contributed by atoms with E-state index in [1.165, 1.54) is 11.1 Å². The number of benzene rings is 1. The molecule has 0 aliphatic heterocycles. The summed E-state index contributed by atoms with van der Waals surface area (Å²) in [5.41, 5.74) is 2.56. The smallest absolute Gasteiger partial charge is 0.203 e. The molecule has 0 fully saturated rings. The highest BCUT2D eigenvalue weighted by molar-refractivity contribution is 5.30. The molecule has 1 N–H and O–H groups in total. The Bertz CT molecular complexity index is 522. The highest BCUT2D eigenvalue weighted by atomic mass is 16.5. The van der Waals surface area contributed by atoms with Crippen molar-refractivity contribution in [1.29, 1.82) is 0 Å². The zero-order valence-corrected chi connectivity index (χ0v) is 11.8. The van der Waals surface area contributed by atoms with Crippen LogP contribution in [0.25, 0.3) is 0 Å². The minimum absolute atomic E-state index is 0.239. The molecule has 0 amide bonds. The van der Waals surface area contributed by atoms with Crippen LogP contribution in [0.2, 0.25) is 0 Å². The van der Waals surface area contributed by atoms with Crippen molar-refractivity contribution < 1.29 is 4.74 Å². The predicted molar refractivity (Wildman–Crippen MR) is 77.5 cm³/mol. The van der Waals surface area contributed by atoms with Crippen LogP contribution < -0.4 is 5.32 Å². The lowest BCUT2D eigenvalue weighted by molar-refractivity contribution is 0.190. The van der Waals surface area contributed by atoms with Gasteiger partial charge in [0, 0.05) is 25.5 Å². The molecule has 0 bridgehead atoms. The summed E-state index contributed by atoms with van der Waals surface area (Å²) in [7, 11) is 1.71. The van der Waals surface area contributed by atoms with Gasteiger partial charge in [-0.05, 0) is 19.4 Å². The molecule has 2 rings (SSSR count). The van der Waals surface area contributed by atoms with E-state index >= 15 is 0 Å². The summed E-state index contributed by atoms with van der Waals surface area (Å²) in [5, 5.41) is 3.35. The van der Waals surface area contributed by atoms with Crippen LogP contribution in [0, 0.1) is 6.92 Å². The Morgan fingerprint density at radius 3 is 3.00 bits per heavy atom. The minimum atomic E-state index is 0.239. The summed E-state index contributed by atoms with van der Waals surface area (Å²) in [5.74, 6) is 0.881. The molecule has 0 aliphatic rings. The highest BCUT2D eigenvalue weighted by Gasteiger charge is 2.07. The fourth-order valence-electron chi connectivity index (χ4n) is 2.10. The topological polar surface area (TPSA) is 39.1 Å². The molecule has 0 saturated heterocycles. The van der Waals surface area contributed by atoms with Crippen LogP contribution in [0.15, 0.2) is 36.7 Å². The van der Waals surface area contributed by atoms with Crippen molar-refractivity contribution >= 4 is 5.95 Å². The summed E-state index contributed by atoms with van der Waals surface area (Å²) in [4.78, 5) is 4.35. The number of imidazole rings is 1. The molecule has 1 unspecified atom stereocenters. The average Bonchev–Trinajstić information content (AvgIpc) is 2.77. The molecule has 19 heavy (non-hydrogen) atoms. The first-order valence-electron chi connectivity index (χ1n) is 6.51. The number of anilines is 1. The van der Waals surface area contributed by atoms with E-state index in [2.05, 4.69) is 53.0 Å². The number of aryl methyl sites for hydroxylation is 1. The molecule has 4 nitrogen and oxygen atoms in total. The largest absolute Gasteiger partial charge is 0.383 e. The number of hydrogen-bond acceptors (Lipinski definition) is 3. The summed E-state index contributed by atoms with van der Waals surface area (Å²) >= 11 is 0. The van der Waals surface area contributed by atoms with Crippen LogP contribution in [-0.2, 0) is 11.3 Å². The highest BCUT2D eigenvalue weighted by Crippen LogP contribution is 2.11. The van der Waals surface area contributed by atoms with Gasteiger partial charge in [-0.3, -0.25) is 0 Å². The number of methoxy groups -OCH3 is 1. The fourth-order valence-corrected chi connectivity index (χ4v) is 2.10. The van der Waals surface area contributed by atoms with Gasteiger partial charge in [0.25, 0.3) is 0 Å². The van der Waals surface area contributed by atoms with Crippen molar-refractivity contribution in [2.75, 3.05) is 19.0 Å². The number of ether oxygens (including phenoxy) is 1. The van der Waals surface area contributed by atoms with Gasteiger partial charge in [-0.1, -0.05) is 29.8 Å². The van der Waals surface area contributed by atoms with Crippen LogP contribution in [-0.4, -0.2) is 29.3 Å². The van der Waals surface area contributed by atoms with E-state index in [0.29, 0.717) is 6.61 Å². The van der Waals surface area contributed by atoms with E-state index in [9.17, 15) is 0 Å². The maximum absolute atomic E-state index is 5.13. The molecule has 1 aromatic heterocycles. The normalized spacial score (nSPS) is 12.4. The van der Waals surface area contributed by atoms with Gasteiger partial charge in [0.1, 0.15) is 0 Å². The molecule has 2 aromatic rings. The lowest BCUT2D eigenvalue weighted by atomic mass is 10.1. The van der Waals surface area contributed by atoms with E-state index in [1.54, 1.807) is 7.11 Å². The molecule has 4 heteroatoms. The Balaban J connectivity index is 2.07. The van der Waals surface area contributed by atoms with Gasteiger partial charge in [-0.25, -0.2) is 4.98 Å². The van der Waals surface area contributed by atoms with Gasteiger partial charge >= 0.3 is 0 Å². The van der Waals surface area contributed by atoms with E-state index in [4.69, 9.17) is 4.74 Å². The number of nitrogens with zero attached hydrogens (tertiary/aromatic N) is 2. The lowest BCUT2D eigenvalue weighted by Crippen LogP contribution is -2.23. The lowest BCUT2D eigenvalue weighted by Gasteiger charge is -2.15. The van der Waals surface area contributed by atoms with Gasteiger partial charge in [0.15, 0.2) is 0 Å². The van der Waals surface area contributed by atoms with Gasteiger partial charge in [-0.2, -0.15) is 0 Å². The molecule has 1 aromatic carbocycles. The quantitative estimate of drug-likeness (QED) is 0.867. The van der Waals surface area contributed by atoms with Crippen LogP contribution >= 0.6 is 0 Å². The van der Waals surface area contributed by atoms with Gasteiger partial charge in [0.05, 0.1) is 13.2 Å². The minimum Gasteiger partial charge on any atom is -0.383 e. The summed E-state index contributed by atoms with van der Waals surface area (Å²) in [6.07, 6.45) is 3.81. The van der Waals surface area contributed by atoms with E-state index < -0.39 is 0 Å². The summed E-state index contributed by atoms with van der Waals surface area (Å²) < 4.78 is 7.24. The zero-order chi connectivity index (χ0) is 13.7. The van der Waals surface area contributed by atoms with E-state index in [-0.39, 0.29) is 6.04 Å². The molecule has 1 heterocycles. The SMILES string of the molecule is COCC(C)Nc1nccn1Cc1cccc(C)c1. The maximum atomic E-state index is 5.13. The molecular weight excluding hydrogens is 238 g/mol. The van der Waals surface area contributed by atoms with Gasteiger partial charge in [-0.15, -0.1) is 0 Å². The second-order valence-corrected chi connectivity index (χ2v) is 4.87. The van der Waals surface area contributed by atoms with Crippen LogP contribution in [0.4, 0.5) is 5.95 Å². The monoisotopic (exact) mass is 259 g/mol. The molecule has 102 valence electrons. The maximum Gasteiger partial charge on any atom is 0.203 e. The van der Waals surface area contributed by atoms with Gasteiger partial charge in [0.2, 0.25) is 5.95 Å². The summed E-state index contributed by atoms with van der Waals surface area (Å²) in [6.45, 7) is 5.67. The Morgan fingerprint density at radius 2 is 2.26 bits per heavy atom. The zero-order valence-electron chi connectivity index (χ0n) is 11.8. The van der Waals surface area contributed by atoms with E-state index in [1.807, 2.05) is 12.4 Å². The Morgan fingerprint density at radius 1 is 1.42 bits per heavy atom. The average molecular weight is 259 g/mol. The van der Waals surface area contributed by atoms with Gasteiger partial charge < -0.3 is 14.6 Å². The number of nitrogens with one attached hydrogen (secondary N) is 1. The first-order valence-corrected chi connectivity index (χ1v) is 6.51. The van der Waals surface area contributed by atoms with E-state index in [0.717, 1.165) is 12.5 Å². The fraction of sp³-hybridized carbons (Fsp3) is 0.400. The third-order valence-corrected chi connectivity index (χ3v) is 2.94. The van der Waals surface area contributed by atoms with Crippen molar-refractivity contribution in [1.82, 2.24) is 9.55 Å². The first kappa shape index (κ1) is 13.6. The third kappa shape index (κ3) is 3.83. The molecule has 0 saturated carbocycles. The van der Waals surface area contributed by atoms with Crippen molar-refractivity contribution in [2.45, 2.75) is 26.4 Å². The van der Waals surface area contributed by atoms with Crippen LogP contribution in [0.5, 0.6) is 0 Å². The van der Waals surface area contributed by atoms with Crippen molar-refractivity contribution in [3.05, 3.63) is 47.8 Å².